The molecule has 12 heteroatoms. The van der Waals surface area contributed by atoms with Gasteiger partial charge in [0.25, 0.3) is 5.91 Å². The zero-order chi connectivity index (χ0) is 23.9. The van der Waals surface area contributed by atoms with Crippen molar-refractivity contribution in [1.82, 2.24) is 19.9 Å². The van der Waals surface area contributed by atoms with Crippen LogP contribution in [0.4, 0.5) is 30.2 Å². The number of nitrogens with one attached hydrogen (secondary N) is 2. The van der Waals surface area contributed by atoms with E-state index in [0.29, 0.717) is 46.4 Å². The lowest BCUT2D eigenvalue weighted by Gasteiger charge is -2.22. The number of fused-ring (bicyclic) bond motifs is 2. The van der Waals surface area contributed by atoms with E-state index >= 15 is 0 Å². The molecule has 2 aliphatic rings. The summed E-state index contributed by atoms with van der Waals surface area (Å²) in [6, 6.07) is 6.93. The first-order valence-corrected chi connectivity index (χ1v) is 10.9. The number of anilines is 3. The summed E-state index contributed by atoms with van der Waals surface area (Å²) in [5.74, 6) is -2.85. The highest BCUT2D eigenvalue weighted by molar-refractivity contribution is 5.96. The Hall–Kier alpha value is -3.67. The highest BCUT2D eigenvalue weighted by Crippen LogP contribution is 2.34. The molecule has 1 fully saturated rings. The number of aromatic nitrogens is 3. The zero-order valence-corrected chi connectivity index (χ0v) is 17.9. The lowest BCUT2D eigenvalue weighted by Crippen LogP contribution is -2.38. The van der Waals surface area contributed by atoms with Crippen molar-refractivity contribution in [2.75, 3.05) is 23.5 Å². The van der Waals surface area contributed by atoms with Gasteiger partial charge in [0.2, 0.25) is 0 Å². The van der Waals surface area contributed by atoms with Gasteiger partial charge >= 0.3 is 12.1 Å². The van der Waals surface area contributed by atoms with Gasteiger partial charge in [-0.05, 0) is 61.1 Å². The van der Waals surface area contributed by atoms with E-state index in [1.165, 1.54) is 12.4 Å². The highest BCUT2D eigenvalue weighted by Gasteiger charge is 2.44. The predicted molar refractivity (Wildman–Crippen MR) is 116 cm³/mol. The first kappa shape index (κ1) is 22.1. The van der Waals surface area contributed by atoms with Crippen molar-refractivity contribution in [3.63, 3.8) is 0 Å². The summed E-state index contributed by atoms with van der Waals surface area (Å²) in [7, 11) is 0. The van der Waals surface area contributed by atoms with Crippen molar-refractivity contribution in [3.8, 4) is 0 Å². The molecule has 0 spiro atoms. The van der Waals surface area contributed by atoms with Gasteiger partial charge in [0.1, 0.15) is 6.33 Å². The first-order valence-electron chi connectivity index (χ1n) is 10.9. The number of aryl methyl sites for hydroxylation is 1. The summed E-state index contributed by atoms with van der Waals surface area (Å²) in [6.07, 6.45) is -0.0289. The number of benzene rings is 1. The first-order chi connectivity index (χ1) is 16.3. The Morgan fingerprint density at radius 3 is 2.85 bits per heavy atom. The van der Waals surface area contributed by atoms with Crippen LogP contribution in [0.15, 0.2) is 36.8 Å². The van der Waals surface area contributed by atoms with Crippen molar-refractivity contribution in [2.45, 2.75) is 37.8 Å². The molecular weight excluding hydrogens is 453 g/mol. The Morgan fingerprint density at radius 1 is 1.24 bits per heavy atom. The molecule has 2 N–H and O–H groups in total. The molecule has 0 aliphatic carbocycles. The van der Waals surface area contributed by atoms with Gasteiger partial charge in [0.15, 0.2) is 5.65 Å². The highest BCUT2D eigenvalue weighted by atomic mass is 19.4. The van der Waals surface area contributed by atoms with Gasteiger partial charge in [-0.15, -0.1) is 5.06 Å². The molecule has 1 saturated heterocycles. The average Bonchev–Trinajstić information content (AvgIpc) is 3.47. The van der Waals surface area contributed by atoms with E-state index in [0.717, 1.165) is 25.1 Å². The summed E-state index contributed by atoms with van der Waals surface area (Å²) in [4.78, 5) is 32.7. The second-order valence-electron chi connectivity index (χ2n) is 8.29. The van der Waals surface area contributed by atoms with Crippen LogP contribution in [0, 0.1) is 0 Å². The van der Waals surface area contributed by atoms with Crippen LogP contribution in [-0.2, 0) is 20.8 Å². The summed E-state index contributed by atoms with van der Waals surface area (Å²) in [5, 5.41) is 11.3. The van der Waals surface area contributed by atoms with Crippen LogP contribution in [0.25, 0.3) is 5.65 Å². The lowest BCUT2D eigenvalue weighted by atomic mass is 10.00. The van der Waals surface area contributed by atoms with Crippen molar-refractivity contribution < 1.29 is 27.6 Å². The quantitative estimate of drug-likeness (QED) is 0.599. The number of halogens is 3. The number of amides is 1. The van der Waals surface area contributed by atoms with Crippen molar-refractivity contribution in [3.05, 3.63) is 47.9 Å². The smallest absolute Gasteiger partial charge is 0.352 e. The van der Waals surface area contributed by atoms with Gasteiger partial charge in [-0.25, -0.2) is 14.3 Å². The van der Waals surface area contributed by atoms with Crippen LogP contribution in [0.3, 0.4) is 0 Å². The Labute approximate surface area is 191 Å². The number of hydroxylamine groups is 1. The monoisotopic (exact) mass is 474 g/mol. The average molecular weight is 474 g/mol. The molecule has 178 valence electrons. The molecule has 2 aromatic heterocycles. The molecule has 2 aliphatic heterocycles. The maximum atomic E-state index is 12.8. The fourth-order valence-electron chi connectivity index (χ4n) is 4.30. The number of hydrogen-bond acceptors (Lipinski definition) is 7. The SMILES string of the molecule is O=C1CCCc2ccc(Nc3cc(C4CCNC4)cn4ncnc34)cc2N1OC(=O)C(F)(F)F. The third kappa shape index (κ3) is 4.28. The minimum absolute atomic E-state index is 0.0413. The Balaban J connectivity index is 1.50. The van der Waals surface area contributed by atoms with Crippen LogP contribution in [-0.4, -0.2) is 45.7 Å². The molecule has 0 radical (unpaired) electrons. The van der Waals surface area contributed by atoms with Gasteiger partial charge in [0.05, 0.1) is 11.4 Å². The fraction of sp³-hybridized carbons (Fsp3) is 0.364. The molecule has 1 amide bonds. The number of carbonyl (C=O) groups is 2. The molecule has 1 atom stereocenters. The largest absolute Gasteiger partial charge is 0.493 e. The lowest BCUT2D eigenvalue weighted by molar-refractivity contribution is -0.201. The van der Waals surface area contributed by atoms with Crippen molar-refractivity contribution >= 4 is 34.6 Å². The Morgan fingerprint density at radius 2 is 2.09 bits per heavy atom. The standard InChI is InChI=1S/C22H21F3N6O3/c23-22(24,25)21(33)34-31-18-9-16(5-4-13(18)2-1-3-19(31)32)29-17-8-15(14-6-7-26-10-14)11-30-20(17)27-12-28-30/h4-5,8-9,11-12,14,26,29H,1-3,6-7,10H2. The number of rotatable bonds is 4. The van der Waals surface area contributed by atoms with E-state index < -0.39 is 18.1 Å². The van der Waals surface area contributed by atoms with Crippen molar-refractivity contribution in [2.24, 2.45) is 0 Å². The van der Waals surface area contributed by atoms with E-state index in [2.05, 4.69) is 25.6 Å². The number of carbonyl (C=O) groups excluding carboxylic acids is 2. The molecule has 0 bridgehead atoms. The van der Waals surface area contributed by atoms with Crippen LogP contribution < -0.4 is 15.7 Å². The third-order valence-electron chi connectivity index (χ3n) is 5.98. The topological polar surface area (TPSA) is 101 Å². The third-order valence-corrected chi connectivity index (χ3v) is 5.98. The summed E-state index contributed by atoms with van der Waals surface area (Å²) in [6.45, 7) is 1.77. The molecule has 5 rings (SSSR count). The molecule has 4 heterocycles. The van der Waals surface area contributed by atoms with E-state index in [-0.39, 0.29) is 12.1 Å². The van der Waals surface area contributed by atoms with Gasteiger partial charge in [-0.3, -0.25) is 4.79 Å². The molecule has 1 unspecified atom stereocenters. The fourth-order valence-corrected chi connectivity index (χ4v) is 4.30. The minimum Gasteiger partial charge on any atom is -0.352 e. The van der Waals surface area contributed by atoms with Gasteiger partial charge in [-0.2, -0.15) is 18.3 Å². The minimum atomic E-state index is -5.22. The molecule has 0 saturated carbocycles. The predicted octanol–water partition coefficient (Wildman–Crippen LogP) is 3.24. The zero-order valence-electron chi connectivity index (χ0n) is 17.9. The van der Waals surface area contributed by atoms with Crippen LogP contribution in [0.1, 0.15) is 36.3 Å². The van der Waals surface area contributed by atoms with Crippen LogP contribution in [0.2, 0.25) is 0 Å². The molecule has 3 aromatic rings. The second kappa shape index (κ2) is 8.60. The molecule has 9 nitrogen and oxygen atoms in total. The maximum Gasteiger partial charge on any atom is 0.493 e. The van der Waals surface area contributed by atoms with E-state index in [9.17, 15) is 22.8 Å². The summed E-state index contributed by atoms with van der Waals surface area (Å²) >= 11 is 0. The van der Waals surface area contributed by atoms with E-state index in [1.807, 2.05) is 12.3 Å². The molecule has 34 heavy (non-hydrogen) atoms. The summed E-state index contributed by atoms with van der Waals surface area (Å²) < 4.78 is 40.1. The molecular formula is C22H21F3N6O3. The normalized spacial score (nSPS) is 18.6. The van der Waals surface area contributed by atoms with Gasteiger partial charge in [-0.1, -0.05) is 6.07 Å². The van der Waals surface area contributed by atoms with Crippen LogP contribution >= 0.6 is 0 Å². The number of pyridine rings is 1. The van der Waals surface area contributed by atoms with E-state index in [1.54, 1.807) is 16.6 Å². The second-order valence-corrected chi connectivity index (χ2v) is 8.29. The van der Waals surface area contributed by atoms with E-state index in [4.69, 9.17) is 0 Å². The van der Waals surface area contributed by atoms with Crippen LogP contribution in [0.5, 0.6) is 0 Å². The maximum absolute atomic E-state index is 12.8. The van der Waals surface area contributed by atoms with Gasteiger partial charge in [0, 0.05) is 24.8 Å². The molecule has 1 aromatic carbocycles. The summed E-state index contributed by atoms with van der Waals surface area (Å²) in [5.41, 5.74) is 3.48. The Kier molecular flexibility index (Phi) is 5.60. The van der Waals surface area contributed by atoms with Gasteiger partial charge < -0.3 is 15.5 Å². The number of nitrogens with zero attached hydrogens (tertiary/aromatic N) is 4. The number of alkyl halides is 3. The van der Waals surface area contributed by atoms with Crippen molar-refractivity contribution in [1.29, 1.82) is 0 Å². The Bertz CT molecular complexity index is 1250. The number of hydrogen-bond donors (Lipinski definition) is 2.